The minimum Gasteiger partial charge on any atom is -0.355 e. The standard InChI is InChI=1S/C24H30F2N4O3/c1-24(2)9-7-21(24)30-10-8-18(16(13-30)23(32)29(3)4)27-22(31)19-12-20(33-28-19)15-6-5-14(25)11-17(15)26/h5-6,11-12,16,18,21H,7-10,13H2,1-4H3,(H,27,31)/t16-,18-,21-/m0/s1. The number of nitrogens with one attached hydrogen (secondary N) is 1. The van der Waals surface area contributed by atoms with E-state index < -0.39 is 17.5 Å². The van der Waals surface area contributed by atoms with Gasteiger partial charge in [0.05, 0.1) is 11.5 Å². The van der Waals surface area contributed by atoms with Crippen LogP contribution in [0.3, 0.4) is 0 Å². The lowest BCUT2D eigenvalue weighted by Crippen LogP contribution is -2.61. The molecule has 1 saturated carbocycles. The van der Waals surface area contributed by atoms with E-state index in [4.69, 9.17) is 4.52 Å². The number of halogens is 2. The van der Waals surface area contributed by atoms with Gasteiger partial charge in [0.2, 0.25) is 5.91 Å². The van der Waals surface area contributed by atoms with Crippen LogP contribution in [-0.2, 0) is 4.79 Å². The fourth-order valence-electron chi connectivity index (χ4n) is 4.98. The molecule has 0 unspecified atom stereocenters. The molecule has 33 heavy (non-hydrogen) atoms. The van der Waals surface area contributed by atoms with Crippen LogP contribution in [0.1, 0.15) is 43.6 Å². The van der Waals surface area contributed by atoms with Crippen molar-refractivity contribution in [3.05, 3.63) is 41.6 Å². The number of hydrogen-bond donors (Lipinski definition) is 1. The van der Waals surface area contributed by atoms with Gasteiger partial charge in [0.1, 0.15) is 11.6 Å². The minimum atomic E-state index is -0.805. The normalized spacial score (nSPS) is 24.7. The van der Waals surface area contributed by atoms with E-state index >= 15 is 0 Å². The predicted octanol–water partition coefficient (Wildman–Crippen LogP) is 3.32. The van der Waals surface area contributed by atoms with Crippen molar-refractivity contribution in [2.75, 3.05) is 27.2 Å². The number of hydrogen-bond acceptors (Lipinski definition) is 5. The molecular formula is C24H30F2N4O3. The van der Waals surface area contributed by atoms with Gasteiger partial charge in [-0.2, -0.15) is 0 Å². The zero-order valence-corrected chi connectivity index (χ0v) is 19.4. The van der Waals surface area contributed by atoms with Crippen molar-refractivity contribution in [1.82, 2.24) is 20.3 Å². The van der Waals surface area contributed by atoms with E-state index in [9.17, 15) is 18.4 Å². The Hall–Kier alpha value is -2.81. The first kappa shape index (κ1) is 23.4. The van der Waals surface area contributed by atoms with Gasteiger partial charge in [-0.1, -0.05) is 19.0 Å². The molecule has 0 spiro atoms. The van der Waals surface area contributed by atoms with E-state index in [1.165, 1.54) is 18.6 Å². The molecule has 1 aromatic heterocycles. The molecule has 2 fully saturated rings. The SMILES string of the molecule is CN(C)C(=O)[C@H]1CN([C@H]2CCC2(C)C)CC[C@@H]1NC(=O)c1cc(-c2ccc(F)cc2F)on1. The lowest BCUT2D eigenvalue weighted by molar-refractivity contribution is -0.137. The van der Waals surface area contributed by atoms with Gasteiger partial charge in [-0.15, -0.1) is 0 Å². The molecule has 1 aliphatic carbocycles. The van der Waals surface area contributed by atoms with Crippen LogP contribution in [0.15, 0.2) is 28.8 Å². The summed E-state index contributed by atoms with van der Waals surface area (Å²) in [5.41, 5.74) is 0.224. The molecular weight excluding hydrogens is 430 g/mol. The van der Waals surface area contributed by atoms with Crippen molar-refractivity contribution < 1.29 is 22.9 Å². The Bertz CT molecular complexity index is 1050. The van der Waals surface area contributed by atoms with Gasteiger partial charge in [-0.3, -0.25) is 14.5 Å². The highest BCUT2D eigenvalue weighted by molar-refractivity contribution is 5.94. The summed E-state index contributed by atoms with van der Waals surface area (Å²) in [4.78, 5) is 29.8. The van der Waals surface area contributed by atoms with E-state index in [1.54, 1.807) is 19.0 Å². The number of carbonyl (C=O) groups excluding carboxylic acids is 2. The Morgan fingerprint density at radius 3 is 2.58 bits per heavy atom. The molecule has 1 N–H and O–H groups in total. The monoisotopic (exact) mass is 460 g/mol. The Kier molecular flexibility index (Phi) is 6.26. The molecule has 1 aromatic carbocycles. The second-order valence-corrected chi connectivity index (χ2v) is 9.95. The predicted molar refractivity (Wildman–Crippen MR) is 118 cm³/mol. The number of piperidine rings is 1. The molecule has 2 aliphatic rings. The molecule has 9 heteroatoms. The molecule has 4 rings (SSSR count). The van der Waals surface area contributed by atoms with E-state index in [-0.39, 0.29) is 40.3 Å². The molecule has 178 valence electrons. The number of aromatic nitrogens is 1. The van der Waals surface area contributed by atoms with E-state index in [0.717, 1.165) is 25.1 Å². The van der Waals surface area contributed by atoms with E-state index in [1.807, 2.05) is 0 Å². The van der Waals surface area contributed by atoms with Crippen LogP contribution < -0.4 is 5.32 Å². The Morgan fingerprint density at radius 2 is 1.97 bits per heavy atom. The molecule has 3 atom stereocenters. The van der Waals surface area contributed by atoms with Crippen molar-refractivity contribution in [3.8, 4) is 11.3 Å². The lowest BCUT2D eigenvalue weighted by atomic mass is 9.66. The van der Waals surface area contributed by atoms with Gasteiger partial charge in [0, 0.05) is 51.4 Å². The molecule has 1 saturated heterocycles. The number of carbonyl (C=O) groups is 2. The number of amides is 2. The summed E-state index contributed by atoms with van der Waals surface area (Å²) in [5, 5.41) is 6.69. The molecule has 7 nitrogen and oxygen atoms in total. The number of rotatable bonds is 5. The van der Waals surface area contributed by atoms with Gasteiger partial charge in [0.25, 0.3) is 5.91 Å². The maximum atomic E-state index is 14.1. The summed E-state index contributed by atoms with van der Waals surface area (Å²) >= 11 is 0. The van der Waals surface area contributed by atoms with Crippen LogP contribution in [-0.4, -0.2) is 66.0 Å². The zero-order valence-electron chi connectivity index (χ0n) is 19.4. The van der Waals surface area contributed by atoms with Crippen molar-refractivity contribution in [2.24, 2.45) is 11.3 Å². The van der Waals surface area contributed by atoms with Crippen molar-refractivity contribution in [3.63, 3.8) is 0 Å². The highest BCUT2D eigenvalue weighted by Crippen LogP contribution is 2.44. The maximum absolute atomic E-state index is 14.1. The van der Waals surface area contributed by atoms with E-state index in [2.05, 4.69) is 29.2 Å². The largest absolute Gasteiger partial charge is 0.355 e. The van der Waals surface area contributed by atoms with Gasteiger partial charge in [-0.25, -0.2) is 8.78 Å². The number of likely N-dealkylation sites (tertiary alicyclic amines) is 1. The summed E-state index contributed by atoms with van der Waals surface area (Å²) in [6.07, 6.45) is 2.93. The topological polar surface area (TPSA) is 78.7 Å². The molecule has 2 aromatic rings. The van der Waals surface area contributed by atoms with Gasteiger partial charge in [-0.05, 0) is 36.8 Å². The second kappa shape index (κ2) is 8.85. The molecule has 0 radical (unpaired) electrons. The first-order valence-corrected chi connectivity index (χ1v) is 11.2. The first-order chi connectivity index (χ1) is 15.6. The van der Waals surface area contributed by atoms with Crippen LogP contribution >= 0.6 is 0 Å². The Morgan fingerprint density at radius 1 is 1.21 bits per heavy atom. The van der Waals surface area contributed by atoms with Crippen LogP contribution in [0.2, 0.25) is 0 Å². The summed E-state index contributed by atoms with van der Waals surface area (Å²) in [5.74, 6) is -2.39. The zero-order chi connectivity index (χ0) is 23.9. The van der Waals surface area contributed by atoms with Crippen molar-refractivity contribution in [1.29, 1.82) is 0 Å². The molecule has 2 heterocycles. The quantitative estimate of drug-likeness (QED) is 0.741. The van der Waals surface area contributed by atoms with E-state index in [0.29, 0.717) is 19.0 Å². The second-order valence-electron chi connectivity index (χ2n) is 9.95. The lowest BCUT2D eigenvalue weighted by Gasteiger charge is -2.53. The Labute approximate surface area is 192 Å². The minimum absolute atomic E-state index is 0.0139. The van der Waals surface area contributed by atoms with Crippen molar-refractivity contribution in [2.45, 2.75) is 45.2 Å². The highest BCUT2D eigenvalue weighted by Gasteiger charge is 2.46. The average Bonchev–Trinajstić information content (AvgIpc) is 3.23. The summed E-state index contributed by atoms with van der Waals surface area (Å²) in [6.45, 7) is 5.88. The molecule has 2 amide bonds. The van der Waals surface area contributed by atoms with Crippen molar-refractivity contribution >= 4 is 11.8 Å². The smallest absolute Gasteiger partial charge is 0.273 e. The van der Waals surface area contributed by atoms with Gasteiger partial charge >= 0.3 is 0 Å². The summed E-state index contributed by atoms with van der Waals surface area (Å²) in [6, 6.07) is 4.49. The third kappa shape index (κ3) is 4.64. The molecule has 0 bridgehead atoms. The van der Waals surface area contributed by atoms with Crippen LogP contribution in [0, 0.1) is 23.0 Å². The van der Waals surface area contributed by atoms with Crippen LogP contribution in [0.5, 0.6) is 0 Å². The Balaban J connectivity index is 1.48. The summed E-state index contributed by atoms with van der Waals surface area (Å²) < 4.78 is 32.4. The van der Waals surface area contributed by atoms with Gasteiger partial charge < -0.3 is 14.7 Å². The van der Waals surface area contributed by atoms with Crippen LogP contribution in [0.4, 0.5) is 8.78 Å². The van der Waals surface area contributed by atoms with Crippen LogP contribution in [0.25, 0.3) is 11.3 Å². The first-order valence-electron chi connectivity index (χ1n) is 11.2. The number of benzene rings is 1. The maximum Gasteiger partial charge on any atom is 0.273 e. The summed E-state index contributed by atoms with van der Waals surface area (Å²) in [7, 11) is 3.43. The fourth-order valence-corrected chi connectivity index (χ4v) is 4.98. The highest BCUT2D eigenvalue weighted by atomic mass is 19.1. The number of nitrogens with zero attached hydrogens (tertiary/aromatic N) is 3. The third-order valence-electron chi connectivity index (χ3n) is 7.06. The fraction of sp³-hybridized carbons (Fsp3) is 0.542. The molecule has 1 aliphatic heterocycles. The van der Waals surface area contributed by atoms with Gasteiger partial charge in [0.15, 0.2) is 11.5 Å². The average molecular weight is 461 g/mol. The third-order valence-corrected chi connectivity index (χ3v) is 7.06.